The second kappa shape index (κ2) is 10.8. The molecule has 1 aliphatic heterocycles. The highest BCUT2D eigenvalue weighted by atomic mass is 35.5. The number of esters is 1. The Hall–Kier alpha value is -2.88. The average Bonchev–Trinajstić information content (AvgIpc) is 3.37. The zero-order chi connectivity index (χ0) is 24.0. The third-order valence-electron chi connectivity index (χ3n) is 5.09. The molecule has 0 N–H and O–H groups in total. The van der Waals surface area contributed by atoms with E-state index < -0.39 is 28.4 Å². The Morgan fingerprint density at radius 3 is 2.33 bits per heavy atom. The largest absolute Gasteiger partial charge is 0.493 e. The van der Waals surface area contributed by atoms with Crippen molar-refractivity contribution in [3.8, 4) is 11.5 Å². The van der Waals surface area contributed by atoms with Gasteiger partial charge in [0, 0.05) is 24.7 Å². The first-order valence-corrected chi connectivity index (χ1v) is 12.0. The molecule has 1 fully saturated rings. The normalized spacial score (nSPS) is 14.4. The van der Waals surface area contributed by atoms with E-state index in [1.165, 1.54) is 48.9 Å². The molecule has 0 radical (unpaired) electrons. The second-order valence-corrected chi connectivity index (χ2v) is 9.58. The monoisotopic (exact) mass is 493 g/mol. The number of sulfonamides is 1. The van der Waals surface area contributed by atoms with Gasteiger partial charge in [-0.3, -0.25) is 4.79 Å². The van der Waals surface area contributed by atoms with Gasteiger partial charge in [0.25, 0.3) is 0 Å². The van der Waals surface area contributed by atoms with Crippen LogP contribution in [0.1, 0.15) is 28.8 Å². The lowest BCUT2D eigenvalue weighted by Crippen LogP contribution is -2.27. The number of ether oxygens (including phenoxy) is 3. The average molecular weight is 494 g/mol. The highest BCUT2D eigenvalue weighted by molar-refractivity contribution is 7.89. The van der Waals surface area contributed by atoms with Crippen LogP contribution in [0.25, 0.3) is 6.08 Å². The molecule has 8 nitrogen and oxygen atoms in total. The van der Waals surface area contributed by atoms with Crippen molar-refractivity contribution in [2.75, 3.05) is 33.9 Å². The highest BCUT2D eigenvalue weighted by Gasteiger charge is 2.27. The van der Waals surface area contributed by atoms with E-state index in [1.807, 2.05) is 0 Å². The van der Waals surface area contributed by atoms with Crippen molar-refractivity contribution < 1.29 is 32.2 Å². The molecular formula is C23H24ClNO7S. The fourth-order valence-electron chi connectivity index (χ4n) is 3.36. The van der Waals surface area contributed by atoms with Gasteiger partial charge in [0.2, 0.25) is 10.0 Å². The molecular weight excluding hydrogens is 470 g/mol. The van der Waals surface area contributed by atoms with Gasteiger partial charge in [0.1, 0.15) is 0 Å². The Kier molecular flexibility index (Phi) is 8.12. The van der Waals surface area contributed by atoms with Crippen molar-refractivity contribution >= 4 is 39.5 Å². The van der Waals surface area contributed by atoms with Gasteiger partial charge in [-0.05, 0) is 60.9 Å². The van der Waals surface area contributed by atoms with Gasteiger partial charge in [-0.25, -0.2) is 13.2 Å². The van der Waals surface area contributed by atoms with Crippen molar-refractivity contribution in [3.63, 3.8) is 0 Å². The molecule has 10 heteroatoms. The Bertz CT molecular complexity index is 1150. The minimum atomic E-state index is -3.55. The van der Waals surface area contributed by atoms with Gasteiger partial charge < -0.3 is 14.2 Å². The number of carbonyl (C=O) groups is 2. The summed E-state index contributed by atoms with van der Waals surface area (Å²) in [5, 5.41) is 0.315. The summed E-state index contributed by atoms with van der Waals surface area (Å²) >= 11 is 6.14. The Labute approximate surface area is 197 Å². The van der Waals surface area contributed by atoms with Crippen LogP contribution in [0, 0.1) is 0 Å². The molecule has 0 aromatic heterocycles. The summed E-state index contributed by atoms with van der Waals surface area (Å²) < 4.78 is 41.9. The van der Waals surface area contributed by atoms with Crippen LogP contribution in [0.5, 0.6) is 11.5 Å². The summed E-state index contributed by atoms with van der Waals surface area (Å²) in [6.45, 7) is 0.526. The number of methoxy groups -OCH3 is 2. The number of halogens is 1. The van der Waals surface area contributed by atoms with E-state index in [-0.39, 0.29) is 10.5 Å². The van der Waals surface area contributed by atoms with Crippen molar-refractivity contribution in [2.45, 2.75) is 17.7 Å². The Morgan fingerprint density at radius 1 is 1.06 bits per heavy atom. The van der Waals surface area contributed by atoms with E-state index in [4.69, 9.17) is 25.8 Å². The Morgan fingerprint density at radius 2 is 1.73 bits per heavy atom. The number of Topliss-reactive ketones (excluding diaryl/α,β-unsaturated/α-hetero) is 1. The van der Waals surface area contributed by atoms with E-state index in [9.17, 15) is 18.0 Å². The van der Waals surface area contributed by atoms with Crippen LogP contribution < -0.4 is 9.47 Å². The molecule has 0 unspecified atom stereocenters. The topological polar surface area (TPSA) is 99.2 Å². The van der Waals surface area contributed by atoms with Crippen LogP contribution in [-0.4, -0.2) is 58.4 Å². The first kappa shape index (κ1) is 24.8. The molecule has 0 amide bonds. The summed E-state index contributed by atoms with van der Waals surface area (Å²) in [7, 11) is -0.618. The molecule has 3 rings (SSSR count). The standard InChI is InChI=1S/C23H24ClNO7S/c1-30-21-14-16(13-19(24)23(21)31-2)5-10-22(27)32-15-20(26)17-6-8-18(9-7-17)33(28,29)25-11-3-4-12-25/h5-10,13-14H,3-4,11-12,15H2,1-2H3/b10-5+. The van der Waals surface area contributed by atoms with Crippen LogP contribution in [0.15, 0.2) is 47.4 Å². The molecule has 1 heterocycles. The Balaban J connectivity index is 1.58. The van der Waals surface area contributed by atoms with Crippen LogP contribution in [0.3, 0.4) is 0 Å². The number of carbonyl (C=O) groups excluding carboxylic acids is 2. The highest BCUT2D eigenvalue weighted by Crippen LogP contribution is 2.36. The molecule has 33 heavy (non-hydrogen) atoms. The lowest BCUT2D eigenvalue weighted by Gasteiger charge is -2.15. The maximum Gasteiger partial charge on any atom is 0.331 e. The van der Waals surface area contributed by atoms with Crippen molar-refractivity contribution in [3.05, 3.63) is 58.6 Å². The van der Waals surface area contributed by atoms with Gasteiger partial charge in [-0.2, -0.15) is 4.31 Å². The molecule has 1 saturated heterocycles. The predicted octanol–water partition coefficient (Wildman–Crippen LogP) is 3.58. The lowest BCUT2D eigenvalue weighted by atomic mass is 10.1. The molecule has 0 aliphatic carbocycles. The van der Waals surface area contributed by atoms with Crippen LogP contribution in [0.2, 0.25) is 5.02 Å². The van der Waals surface area contributed by atoms with Crippen LogP contribution in [-0.2, 0) is 19.6 Å². The maximum atomic E-state index is 12.6. The fraction of sp³-hybridized carbons (Fsp3) is 0.304. The quantitative estimate of drug-likeness (QED) is 0.299. The number of benzene rings is 2. The number of rotatable bonds is 9. The van der Waals surface area contributed by atoms with Gasteiger partial charge in [0.05, 0.1) is 24.1 Å². The molecule has 2 aromatic carbocycles. The first-order valence-electron chi connectivity index (χ1n) is 10.2. The third-order valence-corrected chi connectivity index (χ3v) is 7.29. The minimum absolute atomic E-state index is 0.134. The summed E-state index contributed by atoms with van der Waals surface area (Å²) in [6, 6.07) is 8.85. The third kappa shape index (κ3) is 5.93. The van der Waals surface area contributed by atoms with Gasteiger partial charge >= 0.3 is 5.97 Å². The van der Waals surface area contributed by atoms with E-state index in [2.05, 4.69) is 0 Å². The zero-order valence-corrected chi connectivity index (χ0v) is 19.8. The fourth-order valence-corrected chi connectivity index (χ4v) is 5.17. The minimum Gasteiger partial charge on any atom is -0.493 e. The molecule has 1 aliphatic rings. The van der Waals surface area contributed by atoms with Gasteiger partial charge in [-0.15, -0.1) is 0 Å². The number of ketones is 1. The molecule has 0 atom stereocenters. The summed E-state index contributed by atoms with van der Waals surface area (Å²) in [5.74, 6) is -0.384. The van der Waals surface area contributed by atoms with Crippen LogP contribution in [0.4, 0.5) is 0 Å². The number of hydrogen-bond donors (Lipinski definition) is 0. The van der Waals surface area contributed by atoms with Gasteiger partial charge in [-0.1, -0.05) is 11.6 Å². The number of hydrogen-bond acceptors (Lipinski definition) is 7. The van der Waals surface area contributed by atoms with E-state index in [0.717, 1.165) is 18.9 Å². The summed E-state index contributed by atoms with van der Waals surface area (Å²) in [5.41, 5.74) is 0.828. The SMILES string of the molecule is COc1cc(/C=C/C(=O)OCC(=O)c2ccc(S(=O)(=O)N3CCCC3)cc2)cc(Cl)c1OC. The molecule has 0 spiro atoms. The predicted molar refractivity (Wildman–Crippen MR) is 123 cm³/mol. The first-order chi connectivity index (χ1) is 15.8. The van der Waals surface area contributed by atoms with E-state index in [1.54, 1.807) is 12.1 Å². The lowest BCUT2D eigenvalue weighted by molar-refractivity contribution is -0.136. The molecule has 0 saturated carbocycles. The zero-order valence-electron chi connectivity index (χ0n) is 18.2. The molecule has 176 valence electrons. The van der Waals surface area contributed by atoms with E-state index in [0.29, 0.717) is 35.2 Å². The number of nitrogens with zero attached hydrogens (tertiary/aromatic N) is 1. The second-order valence-electron chi connectivity index (χ2n) is 7.24. The summed E-state index contributed by atoms with van der Waals surface area (Å²) in [4.78, 5) is 24.5. The van der Waals surface area contributed by atoms with Crippen molar-refractivity contribution in [2.24, 2.45) is 0 Å². The van der Waals surface area contributed by atoms with Crippen molar-refractivity contribution in [1.82, 2.24) is 4.31 Å². The smallest absolute Gasteiger partial charge is 0.331 e. The van der Waals surface area contributed by atoms with Gasteiger partial charge in [0.15, 0.2) is 23.9 Å². The van der Waals surface area contributed by atoms with Crippen molar-refractivity contribution in [1.29, 1.82) is 0 Å². The van der Waals surface area contributed by atoms with E-state index >= 15 is 0 Å². The molecule has 2 aromatic rings. The molecule has 0 bridgehead atoms. The summed E-state index contributed by atoms with van der Waals surface area (Å²) in [6.07, 6.45) is 4.32. The maximum absolute atomic E-state index is 12.6. The van der Waals surface area contributed by atoms with Crippen LogP contribution >= 0.6 is 11.6 Å².